The molecule has 1 aliphatic rings. The maximum absolute atomic E-state index is 12.4. The van der Waals surface area contributed by atoms with Crippen molar-refractivity contribution in [3.63, 3.8) is 0 Å². The van der Waals surface area contributed by atoms with Crippen molar-refractivity contribution in [2.24, 2.45) is 5.73 Å². The third kappa shape index (κ3) is 5.29. The van der Waals surface area contributed by atoms with Crippen molar-refractivity contribution < 1.29 is 9.53 Å². The summed E-state index contributed by atoms with van der Waals surface area (Å²) in [5.41, 5.74) is 5.19. The number of carbonyl (C=O) groups excluding carboxylic acids is 1. The van der Waals surface area contributed by atoms with Gasteiger partial charge < -0.3 is 20.3 Å². The molecule has 0 bridgehead atoms. The summed E-state index contributed by atoms with van der Waals surface area (Å²) >= 11 is 0. The zero-order valence-corrected chi connectivity index (χ0v) is 13.7. The Morgan fingerprint density at radius 1 is 1.45 bits per heavy atom. The first kappa shape index (κ1) is 17.2. The van der Waals surface area contributed by atoms with Crippen molar-refractivity contribution in [2.45, 2.75) is 65.1 Å². The summed E-state index contributed by atoms with van der Waals surface area (Å²) in [5.74, 6) is 0. The normalized spacial score (nSPS) is 21.1. The highest BCUT2D eigenvalue weighted by Gasteiger charge is 2.32. The Morgan fingerprint density at radius 2 is 2.10 bits per heavy atom. The lowest BCUT2D eigenvalue weighted by Crippen LogP contribution is -2.54. The number of nitrogens with zero attached hydrogens (tertiary/aromatic N) is 2. The number of hydrogen-bond donors (Lipinski definition) is 1. The van der Waals surface area contributed by atoms with Crippen LogP contribution < -0.4 is 5.73 Å². The van der Waals surface area contributed by atoms with Gasteiger partial charge >= 0.3 is 6.09 Å². The van der Waals surface area contributed by atoms with Crippen LogP contribution in [0.15, 0.2) is 0 Å². The predicted octanol–water partition coefficient (Wildman–Crippen LogP) is 2.05. The minimum atomic E-state index is -0.449. The van der Waals surface area contributed by atoms with Crippen LogP contribution >= 0.6 is 0 Å². The molecule has 0 radical (unpaired) electrons. The van der Waals surface area contributed by atoms with Crippen LogP contribution in [-0.2, 0) is 4.74 Å². The van der Waals surface area contributed by atoms with E-state index >= 15 is 0 Å². The summed E-state index contributed by atoms with van der Waals surface area (Å²) in [6.07, 6.45) is 1.95. The average molecular weight is 285 g/mol. The fourth-order valence-corrected chi connectivity index (χ4v) is 2.74. The van der Waals surface area contributed by atoms with Crippen molar-refractivity contribution >= 4 is 6.09 Å². The van der Waals surface area contributed by atoms with E-state index < -0.39 is 5.60 Å². The topological polar surface area (TPSA) is 58.8 Å². The molecule has 1 rings (SSSR count). The molecule has 0 aliphatic carbocycles. The van der Waals surface area contributed by atoms with Crippen LogP contribution in [0.1, 0.15) is 47.5 Å². The fourth-order valence-electron chi connectivity index (χ4n) is 2.74. The molecule has 1 amide bonds. The molecule has 1 unspecified atom stereocenters. The van der Waals surface area contributed by atoms with Crippen molar-refractivity contribution in [3.8, 4) is 0 Å². The van der Waals surface area contributed by atoms with Crippen LogP contribution in [0.5, 0.6) is 0 Å². The number of likely N-dealkylation sites (tertiary alicyclic amines) is 1. The van der Waals surface area contributed by atoms with Crippen molar-refractivity contribution in [3.05, 3.63) is 0 Å². The number of carbonyl (C=O) groups is 1. The van der Waals surface area contributed by atoms with Gasteiger partial charge in [0.2, 0.25) is 0 Å². The van der Waals surface area contributed by atoms with Gasteiger partial charge in [-0.2, -0.15) is 0 Å². The quantitative estimate of drug-likeness (QED) is 0.859. The Kier molecular flexibility index (Phi) is 6.27. The van der Waals surface area contributed by atoms with Crippen molar-refractivity contribution in [2.75, 3.05) is 26.2 Å². The largest absolute Gasteiger partial charge is 0.444 e. The molecule has 1 atom stereocenters. The molecule has 1 fully saturated rings. The molecule has 5 heteroatoms. The monoisotopic (exact) mass is 285 g/mol. The molecule has 5 nitrogen and oxygen atoms in total. The average Bonchev–Trinajstić information content (AvgIpc) is 2.26. The van der Waals surface area contributed by atoms with Crippen LogP contribution in [-0.4, -0.2) is 59.8 Å². The van der Waals surface area contributed by atoms with Crippen LogP contribution in [0, 0.1) is 0 Å². The lowest BCUT2D eigenvalue weighted by Gasteiger charge is -2.41. The molecule has 1 saturated heterocycles. The summed E-state index contributed by atoms with van der Waals surface area (Å²) in [5, 5.41) is 0. The number of hydrogen-bond acceptors (Lipinski definition) is 4. The maximum Gasteiger partial charge on any atom is 0.410 e. The van der Waals surface area contributed by atoms with Gasteiger partial charge in [0.05, 0.1) is 0 Å². The van der Waals surface area contributed by atoms with Gasteiger partial charge in [-0.25, -0.2) is 4.79 Å². The molecule has 1 aliphatic heterocycles. The van der Waals surface area contributed by atoms with Gasteiger partial charge in [0, 0.05) is 31.7 Å². The van der Waals surface area contributed by atoms with Gasteiger partial charge in [0.15, 0.2) is 0 Å². The minimum absolute atomic E-state index is 0.146. The molecule has 0 spiro atoms. The summed E-state index contributed by atoms with van der Waals surface area (Å²) < 4.78 is 5.55. The minimum Gasteiger partial charge on any atom is -0.444 e. The maximum atomic E-state index is 12.4. The van der Waals surface area contributed by atoms with Gasteiger partial charge in [0.1, 0.15) is 5.60 Å². The Balaban J connectivity index is 2.72. The summed E-state index contributed by atoms with van der Waals surface area (Å²) in [7, 11) is 0. The Labute approximate surface area is 123 Å². The van der Waals surface area contributed by atoms with Gasteiger partial charge in [-0.15, -0.1) is 0 Å². The molecule has 2 N–H and O–H groups in total. The van der Waals surface area contributed by atoms with Crippen LogP contribution in [0.25, 0.3) is 0 Å². The van der Waals surface area contributed by atoms with Crippen molar-refractivity contribution in [1.82, 2.24) is 9.80 Å². The van der Waals surface area contributed by atoms with Gasteiger partial charge in [-0.05, 0) is 54.0 Å². The molecule has 0 aromatic carbocycles. The number of amides is 1. The Bertz CT molecular complexity index is 311. The molecule has 0 saturated carbocycles. The van der Waals surface area contributed by atoms with E-state index in [1.54, 1.807) is 0 Å². The van der Waals surface area contributed by atoms with E-state index in [0.29, 0.717) is 6.54 Å². The standard InChI is InChI=1S/C15H31N3O2/c1-12(2)18(14(19)20-15(3,4)5)13-7-6-9-17(11-13)10-8-16/h12-13H,6-11,16H2,1-5H3. The van der Waals surface area contributed by atoms with E-state index in [-0.39, 0.29) is 18.2 Å². The third-order valence-electron chi connectivity index (χ3n) is 3.48. The predicted molar refractivity (Wildman–Crippen MR) is 81.7 cm³/mol. The number of piperidine rings is 1. The highest BCUT2D eigenvalue weighted by atomic mass is 16.6. The lowest BCUT2D eigenvalue weighted by molar-refractivity contribution is -0.00202. The number of nitrogens with two attached hydrogens (primary N) is 1. The van der Waals surface area contributed by atoms with Gasteiger partial charge in [-0.3, -0.25) is 0 Å². The molecule has 118 valence electrons. The zero-order chi connectivity index (χ0) is 15.3. The molecular formula is C15H31N3O2. The van der Waals surface area contributed by atoms with Crippen LogP contribution in [0.2, 0.25) is 0 Å². The van der Waals surface area contributed by atoms with E-state index in [4.69, 9.17) is 10.5 Å². The molecule has 0 aromatic heterocycles. The highest BCUT2D eigenvalue weighted by Crippen LogP contribution is 2.21. The van der Waals surface area contributed by atoms with E-state index in [1.165, 1.54) is 0 Å². The second-order valence-electron chi connectivity index (χ2n) is 6.87. The van der Waals surface area contributed by atoms with E-state index in [9.17, 15) is 4.79 Å². The Hall–Kier alpha value is -0.810. The number of rotatable bonds is 4. The lowest BCUT2D eigenvalue weighted by atomic mass is 10.0. The highest BCUT2D eigenvalue weighted by molar-refractivity contribution is 5.69. The molecular weight excluding hydrogens is 254 g/mol. The molecule has 20 heavy (non-hydrogen) atoms. The second-order valence-corrected chi connectivity index (χ2v) is 6.87. The third-order valence-corrected chi connectivity index (χ3v) is 3.48. The zero-order valence-electron chi connectivity index (χ0n) is 13.7. The summed E-state index contributed by atoms with van der Waals surface area (Å²) in [6.45, 7) is 13.4. The van der Waals surface area contributed by atoms with Crippen molar-refractivity contribution in [1.29, 1.82) is 0 Å². The second kappa shape index (κ2) is 7.27. The van der Waals surface area contributed by atoms with Crippen LogP contribution in [0.3, 0.4) is 0 Å². The van der Waals surface area contributed by atoms with Crippen LogP contribution in [0.4, 0.5) is 4.79 Å². The first-order valence-electron chi connectivity index (χ1n) is 7.68. The summed E-state index contributed by atoms with van der Waals surface area (Å²) in [6, 6.07) is 0.373. The first-order valence-corrected chi connectivity index (χ1v) is 7.68. The van der Waals surface area contributed by atoms with Gasteiger partial charge in [0.25, 0.3) is 0 Å². The summed E-state index contributed by atoms with van der Waals surface area (Å²) in [4.78, 5) is 16.7. The molecule has 1 heterocycles. The molecule has 0 aromatic rings. The van der Waals surface area contributed by atoms with E-state index in [2.05, 4.69) is 4.90 Å². The first-order chi connectivity index (χ1) is 9.24. The Morgan fingerprint density at radius 3 is 2.60 bits per heavy atom. The SMILES string of the molecule is CC(C)N(C(=O)OC(C)(C)C)C1CCCN(CCN)C1. The fraction of sp³-hybridized carbons (Fsp3) is 0.933. The van der Waals surface area contributed by atoms with Gasteiger partial charge in [-0.1, -0.05) is 0 Å². The van der Waals surface area contributed by atoms with E-state index in [1.807, 2.05) is 39.5 Å². The smallest absolute Gasteiger partial charge is 0.410 e. The van der Waals surface area contributed by atoms with E-state index in [0.717, 1.165) is 32.5 Å². The number of ether oxygens (including phenoxy) is 1.